The maximum absolute atomic E-state index is 12.5. The summed E-state index contributed by atoms with van der Waals surface area (Å²) in [5.74, 6) is -2.16. The van der Waals surface area contributed by atoms with Crippen LogP contribution in [-0.2, 0) is 19.4 Å². The number of anilines is 2. The highest BCUT2D eigenvalue weighted by atomic mass is 32.2. The van der Waals surface area contributed by atoms with E-state index in [0.717, 1.165) is 5.56 Å². The molecule has 0 saturated carbocycles. The van der Waals surface area contributed by atoms with E-state index < -0.39 is 21.7 Å². The first-order chi connectivity index (χ1) is 12.6. The maximum atomic E-state index is 12.5. The molecule has 1 unspecified atom stereocenters. The summed E-state index contributed by atoms with van der Waals surface area (Å²) < 4.78 is 25.0. The second-order valence-corrected chi connectivity index (χ2v) is 8.44. The van der Waals surface area contributed by atoms with E-state index in [1.54, 1.807) is 25.1 Å². The Morgan fingerprint density at radius 3 is 2.41 bits per heavy atom. The third kappa shape index (κ3) is 5.55. The van der Waals surface area contributed by atoms with E-state index in [1.807, 2.05) is 0 Å². The molecule has 0 aromatic heterocycles. The maximum Gasteiger partial charge on any atom is 0.228 e. The number of sulfone groups is 1. The predicted molar refractivity (Wildman–Crippen MR) is 103 cm³/mol. The van der Waals surface area contributed by atoms with Gasteiger partial charge >= 0.3 is 0 Å². The SMILES string of the molecule is CC(=O)Nc1ccc(NC(=O)C(C)CS(=O)(=O)c2cccc(C)c2)cc1O. The fourth-order valence-corrected chi connectivity index (χ4v) is 4.13. The molecular weight excluding hydrogens is 368 g/mol. The van der Waals surface area contributed by atoms with Crippen LogP contribution in [0.4, 0.5) is 11.4 Å². The molecule has 0 heterocycles. The van der Waals surface area contributed by atoms with Gasteiger partial charge in [0.05, 0.1) is 16.3 Å². The fraction of sp³-hybridized carbons (Fsp3) is 0.263. The van der Waals surface area contributed by atoms with Crippen molar-refractivity contribution in [3.63, 3.8) is 0 Å². The third-order valence-corrected chi connectivity index (χ3v) is 5.75. The van der Waals surface area contributed by atoms with Gasteiger partial charge in [0.25, 0.3) is 0 Å². The number of aryl methyl sites for hydroxylation is 1. The van der Waals surface area contributed by atoms with Crippen LogP contribution in [0.3, 0.4) is 0 Å². The number of hydrogen-bond donors (Lipinski definition) is 3. The summed E-state index contributed by atoms with van der Waals surface area (Å²) in [5, 5.41) is 14.9. The normalized spacial score (nSPS) is 12.3. The van der Waals surface area contributed by atoms with Crippen molar-refractivity contribution in [2.24, 2.45) is 5.92 Å². The molecule has 2 aromatic rings. The molecule has 0 radical (unpaired) electrons. The van der Waals surface area contributed by atoms with Crippen molar-refractivity contribution in [3.8, 4) is 5.75 Å². The van der Waals surface area contributed by atoms with Crippen molar-refractivity contribution in [1.82, 2.24) is 0 Å². The van der Waals surface area contributed by atoms with Crippen LogP contribution in [0.1, 0.15) is 19.4 Å². The lowest BCUT2D eigenvalue weighted by molar-refractivity contribution is -0.118. The van der Waals surface area contributed by atoms with Crippen molar-refractivity contribution < 1.29 is 23.1 Å². The van der Waals surface area contributed by atoms with E-state index in [9.17, 15) is 23.1 Å². The molecule has 0 aliphatic carbocycles. The lowest BCUT2D eigenvalue weighted by Gasteiger charge is -2.14. The van der Waals surface area contributed by atoms with Crippen molar-refractivity contribution in [2.45, 2.75) is 25.7 Å². The molecule has 7 nitrogen and oxygen atoms in total. The second kappa shape index (κ2) is 8.22. The van der Waals surface area contributed by atoms with E-state index >= 15 is 0 Å². The molecule has 8 heteroatoms. The highest BCUT2D eigenvalue weighted by Gasteiger charge is 2.23. The van der Waals surface area contributed by atoms with Crippen molar-refractivity contribution in [2.75, 3.05) is 16.4 Å². The Balaban J connectivity index is 2.07. The second-order valence-electron chi connectivity index (χ2n) is 6.40. The van der Waals surface area contributed by atoms with Gasteiger partial charge in [0.1, 0.15) is 5.75 Å². The van der Waals surface area contributed by atoms with Gasteiger partial charge in [0.2, 0.25) is 11.8 Å². The van der Waals surface area contributed by atoms with E-state index in [2.05, 4.69) is 10.6 Å². The van der Waals surface area contributed by atoms with Gasteiger partial charge in [-0.15, -0.1) is 0 Å². The molecule has 2 aromatic carbocycles. The first-order valence-electron chi connectivity index (χ1n) is 8.29. The highest BCUT2D eigenvalue weighted by molar-refractivity contribution is 7.91. The Morgan fingerprint density at radius 2 is 1.81 bits per heavy atom. The first kappa shape index (κ1) is 20.4. The molecule has 0 bridgehead atoms. The summed E-state index contributed by atoms with van der Waals surface area (Å²) in [4.78, 5) is 23.6. The molecule has 3 N–H and O–H groups in total. The van der Waals surface area contributed by atoms with Gasteiger partial charge in [0, 0.05) is 24.6 Å². The molecule has 0 spiro atoms. The van der Waals surface area contributed by atoms with E-state index in [4.69, 9.17) is 0 Å². The Labute approximate surface area is 158 Å². The number of amides is 2. The smallest absolute Gasteiger partial charge is 0.228 e. The largest absolute Gasteiger partial charge is 0.506 e. The van der Waals surface area contributed by atoms with Gasteiger partial charge in [-0.05, 0) is 36.8 Å². The van der Waals surface area contributed by atoms with Crippen molar-refractivity contribution >= 4 is 33.0 Å². The number of phenolic OH excluding ortho intramolecular Hbond substituents is 1. The Hall–Kier alpha value is -2.87. The van der Waals surface area contributed by atoms with Crippen molar-refractivity contribution in [1.29, 1.82) is 0 Å². The minimum absolute atomic E-state index is 0.180. The van der Waals surface area contributed by atoms with Crippen LogP contribution in [-0.4, -0.2) is 31.1 Å². The molecule has 2 amide bonds. The zero-order valence-electron chi connectivity index (χ0n) is 15.3. The molecule has 0 aliphatic rings. The minimum atomic E-state index is -3.61. The summed E-state index contributed by atoms with van der Waals surface area (Å²) in [6.07, 6.45) is 0. The number of carbonyl (C=O) groups is 2. The molecule has 0 aliphatic heterocycles. The average Bonchev–Trinajstić information content (AvgIpc) is 2.56. The molecular formula is C19H22N2O5S. The van der Waals surface area contributed by atoms with Gasteiger partial charge in [-0.2, -0.15) is 0 Å². The average molecular weight is 390 g/mol. The summed E-state index contributed by atoms with van der Waals surface area (Å²) >= 11 is 0. The third-order valence-electron chi connectivity index (χ3n) is 3.84. The van der Waals surface area contributed by atoms with Gasteiger partial charge in [0.15, 0.2) is 9.84 Å². The number of rotatable bonds is 6. The standard InChI is InChI=1S/C19H22N2O5S/c1-12-5-4-6-16(9-12)27(25,26)11-13(2)19(24)21-15-7-8-17(18(23)10-15)20-14(3)22/h4-10,13,23H,11H2,1-3H3,(H,20,22)(H,21,24). The fourth-order valence-electron chi connectivity index (χ4n) is 2.48. The lowest BCUT2D eigenvalue weighted by Crippen LogP contribution is -2.27. The number of carbonyl (C=O) groups excluding carboxylic acids is 2. The van der Waals surface area contributed by atoms with Crippen LogP contribution < -0.4 is 10.6 Å². The zero-order chi connectivity index (χ0) is 20.2. The zero-order valence-corrected chi connectivity index (χ0v) is 16.1. The van der Waals surface area contributed by atoms with Crippen LogP contribution in [0.15, 0.2) is 47.4 Å². The number of nitrogens with one attached hydrogen (secondary N) is 2. The Morgan fingerprint density at radius 1 is 1.11 bits per heavy atom. The van der Waals surface area contributed by atoms with Crippen molar-refractivity contribution in [3.05, 3.63) is 48.0 Å². The Bertz CT molecular complexity index is 970. The van der Waals surface area contributed by atoms with E-state index in [1.165, 1.54) is 38.1 Å². The first-order valence-corrected chi connectivity index (χ1v) is 9.94. The Kier molecular flexibility index (Phi) is 6.22. The number of phenols is 1. The predicted octanol–water partition coefficient (Wildman–Crippen LogP) is 2.71. The lowest BCUT2D eigenvalue weighted by atomic mass is 10.2. The van der Waals surface area contributed by atoms with Gasteiger partial charge in [-0.1, -0.05) is 19.1 Å². The molecule has 1 atom stereocenters. The van der Waals surface area contributed by atoms with E-state index in [0.29, 0.717) is 5.69 Å². The molecule has 2 rings (SSSR count). The number of aromatic hydroxyl groups is 1. The summed E-state index contributed by atoms with van der Waals surface area (Å²) in [6, 6.07) is 10.8. The minimum Gasteiger partial charge on any atom is -0.506 e. The van der Waals surface area contributed by atoms with Crippen LogP contribution in [0.25, 0.3) is 0 Å². The number of hydrogen-bond acceptors (Lipinski definition) is 5. The van der Waals surface area contributed by atoms with Crippen LogP contribution in [0.2, 0.25) is 0 Å². The quantitative estimate of drug-likeness (QED) is 0.657. The highest BCUT2D eigenvalue weighted by Crippen LogP contribution is 2.27. The topological polar surface area (TPSA) is 113 Å². The monoisotopic (exact) mass is 390 g/mol. The van der Waals surface area contributed by atoms with Crippen LogP contribution >= 0.6 is 0 Å². The molecule has 0 saturated heterocycles. The summed E-state index contributed by atoms with van der Waals surface area (Å²) in [5.41, 5.74) is 1.34. The van der Waals surface area contributed by atoms with E-state index in [-0.39, 0.29) is 28.0 Å². The summed E-state index contributed by atoms with van der Waals surface area (Å²) in [6.45, 7) is 4.63. The van der Waals surface area contributed by atoms with Crippen LogP contribution in [0.5, 0.6) is 5.75 Å². The molecule has 27 heavy (non-hydrogen) atoms. The van der Waals surface area contributed by atoms with Crippen LogP contribution in [0, 0.1) is 12.8 Å². The van der Waals surface area contributed by atoms with Gasteiger partial charge in [-0.25, -0.2) is 8.42 Å². The summed E-state index contributed by atoms with van der Waals surface area (Å²) in [7, 11) is -3.61. The molecule has 0 fully saturated rings. The molecule has 144 valence electrons. The van der Waals surface area contributed by atoms with Gasteiger partial charge in [-0.3, -0.25) is 9.59 Å². The van der Waals surface area contributed by atoms with Gasteiger partial charge < -0.3 is 15.7 Å². The number of benzene rings is 2.